The predicted molar refractivity (Wildman–Crippen MR) is 120 cm³/mol. The molecule has 2 nitrogen and oxygen atoms in total. The van der Waals surface area contributed by atoms with Gasteiger partial charge in [-0.3, -0.25) is 0 Å². The summed E-state index contributed by atoms with van der Waals surface area (Å²) >= 11 is 0. The van der Waals surface area contributed by atoms with E-state index in [0.29, 0.717) is 18.4 Å². The molecule has 0 bridgehead atoms. The molecule has 0 radical (unpaired) electrons. The standard InChI is InChI=1S/C27H21F7O2/c1-3-5-6-15-7-11-20(19(28)13-15)36-14-16-8-9-17-18-10-12-21(35-4-2)25(30)23(18)27(33,34)26(31,32)22(17)24(16)29/h3,7-13H,1,4-6,14H2,2H3. The highest BCUT2D eigenvalue weighted by Crippen LogP contribution is 2.60. The van der Waals surface area contributed by atoms with E-state index in [4.69, 9.17) is 9.47 Å². The van der Waals surface area contributed by atoms with Crippen molar-refractivity contribution in [1.82, 2.24) is 0 Å². The Morgan fingerprint density at radius 3 is 2.03 bits per heavy atom. The van der Waals surface area contributed by atoms with Crippen LogP contribution in [0, 0.1) is 17.5 Å². The maximum atomic E-state index is 15.3. The molecule has 3 aromatic carbocycles. The lowest BCUT2D eigenvalue weighted by Crippen LogP contribution is -2.41. The molecule has 0 fully saturated rings. The second-order valence-electron chi connectivity index (χ2n) is 8.22. The van der Waals surface area contributed by atoms with E-state index in [-0.39, 0.29) is 12.4 Å². The normalized spacial score (nSPS) is 15.1. The average Bonchev–Trinajstić information content (AvgIpc) is 2.82. The lowest BCUT2D eigenvalue weighted by atomic mass is 9.79. The number of hydrogen-bond acceptors (Lipinski definition) is 2. The number of benzene rings is 3. The number of ether oxygens (including phenoxy) is 2. The third-order valence-corrected chi connectivity index (χ3v) is 5.96. The lowest BCUT2D eigenvalue weighted by Gasteiger charge is -2.35. The zero-order chi connectivity index (χ0) is 26.3. The Balaban J connectivity index is 1.73. The SMILES string of the molecule is C=CCCc1ccc(OCc2ccc3c(c2F)C(F)(F)C(F)(F)c2c-3ccc(OCC)c2F)c(F)c1. The number of allylic oxidation sites excluding steroid dienone is 1. The summed E-state index contributed by atoms with van der Waals surface area (Å²) < 4.78 is 115. The zero-order valence-corrected chi connectivity index (χ0v) is 19.1. The predicted octanol–water partition coefficient (Wildman–Crippen LogP) is 8.06. The molecule has 1 aliphatic carbocycles. The first kappa shape index (κ1) is 25.6. The van der Waals surface area contributed by atoms with Crippen LogP contribution in [0.5, 0.6) is 11.5 Å². The zero-order valence-electron chi connectivity index (χ0n) is 19.1. The minimum Gasteiger partial charge on any atom is -0.491 e. The minimum atomic E-state index is -5.08. The van der Waals surface area contributed by atoms with Gasteiger partial charge in [-0.1, -0.05) is 24.3 Å². The van der Waals surface area contributed by atoms with Gasteiger partial charge in [0, 0.05) is 5.56 Å². The molecule has 0 aromatic heterocycles. The van der Waals surface area contributed by atoms with Crippen LogP contribution in [-0.4, -0.2) is 6.61 Å². The van der Waals surface area contributed by atoms with Crippen LogP contribution in [0.4, 0.5) is 30.7 Å². The Morgan fingerprint density at radius 2 is 1.42 bits per heavy atom. The Labute approximate surface area is 203 Å². The van der Waals surface area contributed by atoms with Gasteiger partial charge in [0.1, 0.15) is 12.4 Å². The van der Waals surface area contributed by atoms with Crippen molar-refractivity contribution in [2.45, 2.75) is 38.2 Å². The average molecular weight is 510 g/mol. The van der Waals surface area contributed by atoms with E-state index in [9.17, 15) is 17.6 Å². The molecule has 0 atom stereocenters. The summed E-state index contributed by atoms with van der Waals surface area (Å²) in [5.41, 5.74) is -4.12. The minimum absolute atomic E-state index is 0.0790. The first-order valence-electron chi connectivity index (χ1n) is 11.1. The Kier molecular flexibility index (Phi) is 6.77. The summed E-state index contributed by atoms with van der Waals surface area (Å²) in [7, 11) is 0. The van der Waals surface area contributed by atoms with E-state index in [1.807, 2.05) is 0 Å². The third kappa shape index (κ3) is 4.10. The number of hydrogen-bond donors (Lipinski definition) is 0. The topological polar surface area (TPSA) is 18.5 Å². The summed E-state index contributed by atoms with van der Waals surface area (Å²) in [5.74, 6) is -15.1. The molecule has 9 heteroatoms. The van der Waals surface area contributed by atoms with E-state index >= 15 is 13.2 Å². The fourth-order valence-electron chi connectivity index (χ4n) is 4.17. The van der Waals surface area contributed by atoms with E-state index in [1.165, 1.54) is 19.1 Å². The summed E-state index contributed by atoms with van der Waals surface area (Å²) in [4.78, 5) is 0. The first-order chi connectivity index (χ1) is 17.0. The van der Waals surface area contributed by atoms with Crippen LogP contribution < -0.4 is 9.47 Å². The van der Waals surface area contributed by atoms with Crippen molar-refractivity contribution >= 4 is 0 Å². The van der Waals surface area contributed by atoms with Crippen molar-refractivity contribution in [1.29, 1.82) is 0 Å². The molecule has 0 unspecified atom stereocenters. The van der Waals surface area contributed by atoms with Crippen LogP contribution in [0.1, 0.15) is 35.6 Å². The van der Waals surface area contributed by atoms with Crippen LogP contribution in [0.25, 0.3) is 11.1 Å². The molecule has 3 aromatic rings. The summed E-state index contributed by atoms with van der Waals surface area (Å²) in [6, 6.07) is 8.18. The second-order valence-corrected chi connectivity index (χ2v) is 8.22. The van der Waals surface area contributed by atoms with Gasteiger partial charge in [-0.05, 0) is 60.7 Å². The van der Waals surface area contributed by atoms with Crippen molar-refractivity contribution in [2.75, 3.05) is 6.61 Å². The van der Waals surface area contributed by atoms with Crippen molar-refractivity contribution in [2.24, 2.45) is 0 Å². The van der Waals surface area contributed by atoms with Crippen LogP contribution in [-0.2, 0) is 24.9 Å². The molecule has 36 heavy (non-hydrogen) atoms. The molecule has 0 heterocycles. The first-order valence-corrected chi connectivity index (χ1v) is 11.1. The number of halogens is 7. The van der Waals surface area contributed by atoms with Gasteiger partial charge in [-0.2, -0.15) is 17.6 Å². The van der Waals surface area contributed by atoms with Gasteiger partial charge in [0.05, 0.1) is 17.7 Å². The van der Waals surface area contributed by atoms with Crippen molar-refractivity contribution < 1.29 is 40.2 Å². The second kappa shape index (κ2) is 9.52. The fraction of sp³-hybridized carbons (Fsp3) is 0.259. The van der Waals surface area contributed by atoms with Gasteiger partial charge in [0.2, 0.25) is 0 Å². The number of fused-ring (bicyclic) bond motifs is 3. The monoisotopic (exact) mass is 510 g/mol. The van der Waals surface area contributed by atoms with Gasteiger partial charge in [0.15, 0.2) is 23.1 Å². The lowest BCUT2D eigenvalue weighted by molar-refractivity contribution is -0.228. The maximum Gasteiger partial charge on any atom is 0.343 e. The van der Waals surface area contributed by atoms with Crippen LogP contribution in [0.2, 0.25) is 0 Å². The molecule has 0 saturated carbocycles. The van der Waals surface area contributed by atoms with Gasteiger partial charge in [-0.15, -0.1) is 6.58 Å². The Bertz CT molecular complexity index is 1320. The molecule has 0 spiro atoms. The van der Waals surface area contributed by atoms with Crippen molar-refractivity contribution in [3.8, 4) is 22.6 Å². The smallest absolute Gasteiger partial charge is 0.343 e. The third-order valence-electron chi connectivity index (χ3n) is 5.96. The highest BCUT2D eigenvalue weighted by atomic mass is 19.3. The quantitative estimate of drug-likeness (QED) is 0.225. The maximum absolute atomic E-state index is 15.3. The molecular weight excluding hydrogens is 489 g/mol. The Hall–Kier alpha value is -3.49. The highest BCUT2D eigenvalue weighted by Gasteiger charge is 2.65. The summed E-state index contributed by atoms with van der Waals surface area (Å²) in [5, 5.41) is 0. The van der Waals surface area contributed by atoms with Gasteiger partial charge < -0.3 is 9.47 Å². The molecule has 4 rings (SSSR count). The van der Waals surface area contributed by atoms with Crippen LogP contribution in [0.15, 0.2) is 55.1 Å². The fourth-order valence-corrected chi connectivity index (χ4v) is 4.17. The van der Waals surface area contributed by atoms with Crippen molar-refractivity contribution in [3.05, 3.63) is 94.8 Å². The molecule has 0 amide bonds. The van der Waals surface area contributed by atoms with Gasteiger partial charge >= 0.3 is 11.8 Å². The van der Waals surface area contributed by atoms with E-state index in [2.05, 4.69) is 6.58 Å². The van der Waals surface area contributed by atoms with Crippen molar-refractivity contribution in [3.63, 3.8) is 0 Å². The molecule has 0 saturated heterocycles. The van der Waals surface area contributed by atoms with E-state index in [1.54, 1.807) is 12.1 Å². The highest BCUT2D eigenvalue weighted by molar-refractivity contribution is 5.77. The molecule has 190 valence electrons. The number of aryl methyl sites for hydroxylation is 1. The van der Waals surface area contributed by atoms with Gasteiger partial charge in [-0.25, -0.2) is 13.2 Å². The summed E-state index contributed by atoms with van der Waals surface area (Å²) in [6.45, 7) is 4.28. The number of alkyl halides is 4. The number of rotatable bonds is 8. The van der Waals surface area contributed by atoms with E-state index in [0.717, 1.165) is 24.3 Å². The summed E-state index contributed by atoms with van der Waals surface area (Å²) in [6.07, 6.45) is 2.83. The Morgan fingerprint density at radius 1 is 0.806 bits per heavy atom. The molecule has 0 N–H and O–H groups in total. The largest absolute Gasteiger partial charge is 0.491 e. The molecule has 0 aliphatic heterocycles. The van der Waals surface area contributed by atoms with Crippen LogP contribution in [0.3, 0.4) is 0 Å². The molecular formula is C27H21F7O2. The molecule has 1 aliphatic rings. The van der Waals surface area contributed by atoms with Crippen LogP contribution >= 0.6 is 0 Å². The van der Waals surface area contributed by atoms with Gasteiger partial charge in [0.25, 0.3) is 0 Å². The van der Waals surface area contributed by atoms with E-state index < -0.39 is 69.5 Å².